The fourth-order valence-electron chi connectivity index (χ4n) is 2.72. The number of hydrogen-bond acceptors (Lipinski definition) is 5. The number of carbonyl (C=O) groups is 1. The number of ether oxygens (including phenoxy) is 3. The molecule has 2 aliphatic rings. The van der Waals surface area contributed by atoms with E-state index < -0.39 is 0 Å². The lowest BCUT2D eigenvalue weighted by molar-refractivity contribution is -0.166. The summed E-state index contributed by atoms with van der Waals surface area (Å²) in [7, 11) is 1.74. The summed E-state index contributed by atoms with van der Waals surface area (Å²) < 4.78 is 16.3. The first-order valence-corrected chi connectivity index (χ1v) is 7.21. The van der Waals surface area contributed by atoms with Crippen molar-refractivity contribution in [2.45, 2.75) is 50.9 Å². The van der Waals surface area contributed by atoms with Crippen molar-refractivity contribution in [3.05, 3.63) is 0 Å². The molecule has 1 saturated heterocycles. The van der Waals surface area contributed by atoms with Crippen molar-refractivity contribution in [3.8, 4) is 0 Å². The molecule has 0 radical (unpaired) electrons. The molecular weight excluding hydrogens is 246 g/mol. The molecule has 0 aromatic heterocycles. The van der Waals surface area contributed by atoms with Crippen LogP contribution in [0, 0.1) is 0 Å². The highest BCUT2D eigenvalue weighted by Crippen LogP contribution is 2.29. The maximum atomic E-state index is 10.8. The Kier molecular flexibility index (Phi) is 5.60. The predicted octanol–water partition coefficient (Wildman–Crippen LogP) is 1.21. The molecule has 1 saturated carbocycles. The van der Waals surface area contributed by atoms with Gasteiger partial charge in [0.1, 0.15) is 6.10 Å². The molecule has 0 N–H and O–H groups in total. The van der Waals surface area contributed by atoms with Gasteiger partial charge < -0.3 is 19.1 Å². The Morgan fingerprint density at radius 2 is 1.84 bits per heavy atom. The van der Waals surface area contributed by atoms with Crippen LogP contribution in [0.2, 0.25) is 0 Å². The Morgan fingerprint density at radius 3 is 2.42 bits per heavy atom. The number of hydrogen-bond donors (Lipinski definition) is 0. The number of likely N-dealkylation sites (tertiary alicyclic amines) is 1. The molecule has 0 unspecified atom stereocenters. The van der Waals surface area contributed by atoms with Crippen molar-refractivity contribution in [1.82, 2.24) is 4.90 Å². The number of piperidine rings is 1. The average Bonchev–Trinajstić information content (AvgIpc) is 2.35. The SMILES string of the molecule is COCCN1CCC(OC2CC(OC(C)=O)C2)CC1. The maximum Gasteiger partial charge on any atom is 0.302 e. The first-order valence-electron chi connectivity index (χ1n) is 7.21. The van der Waals surface area contributed by atoms with Crippen molar-refractivity contribution < 1.29 is 19.0 Å². The fraction of sp³-hybridized carbons (Fsp3) is 0.929. The Balaban J connectivity index is 1.56. The molecular formula is C14H25NO4. The molecule has 1 aliphatic heterocycles. The lowest BCUT2D eigenvalue weighted by Crippen LogP contribution is -2.44. The lowest BCUT2D eigenvalue weighted by atomic mass is 9.91. The van der Waals surface area contributed by atoms with Crippen molar-refractivity contribution in [3.63, 3.8) is 0 Å². The third-order valence-corrected chi connectivity index (χ3v) is 3.92. The summed E-state index contributed by atoms with van der Waals surface area (Å²) in [5, 5.41) is 0. The van der Waals surface area contributed by atoms with Crippen molar-refractivity contribution in [1.29, 1.82) is 0 Å². The zero-order valence-electron chi connectivity index (χ0n) is 12.0. The molecule has 0 bridgehead atoms. The highest BCUT2D eigenvalue weighted by Gasteiger charge is 2.34. The number of esters is 1. The molecule has 1 aliphatic carbocycles. The largest absolute Gasteiger partial charge is 0.462 e. The van der Waals surface area contributed by atoms with Gasteiger partial charge in [0.25, 0.3) is 0 Å². The minimum absolute atomic E-state index is 0.0873. The second kappa shape index (κ2) is 7.22. The van der Waals surface area contributed by atoms with Crippen LogP contribution in [-0.4, -0.2) is 62.5 Å². The molecule has 5 heteroatoms. The van der Waals surface area contributed by atoms with Crippen LogP contribution in [0.5, 0.6) is 0 Å². The standard InChI is InChI=1S/C14H25NO4/c1-11(16)18-13-9-14(10-13)19-12-3-5-15(6-4-12)7-8-17-2/h12-14H,3-10H2,1-2H3. The zero-order valence-corrected chi connectivity index (χ0v) is 12.0. The minimum Gasteiger partial charge on any atom is -0.462 e. The van der Waals surface area contributed by atoms with E-state index in [2.05, 4.69) is 4.90 Å². The Hall–Kier alpha value is -0.650. The van der Waals surface area contributed by atoms with Gasteiger partial charge in [0.05, 0.1) is 18.8 Å². The second-order valence-electron chi connectivity index (χ2n) is 5.49. The van der Waals surface area contributed by atoms with E-state index in [1.54, 1.807) is 7.11 Å². The second-order valence-corrected chi connectivity index (χ2v) is 5.49. The number of rotatable bonds is 6. The van der Waals surface area contributed by atoms with Gasteiger partial charge in [0.15, 0.2) is 0 Å². The smallest absolute Gasteiger partial charge is 0.302 e. The molecule has 110 valence electrons. The first-order chi connectivity index (χ1) is 9.17. The van der Waals surface area contributed by atoms with Crippen molar-refractivity contribution >= 4 is 5.97 Å². The molecule has 1 heterocycles. The van der Waals surface area contributed by atoms with E-state index in [0.29, 0.717) is 12.2 Å². The molecule has 2 fully saturated rings. The third kappa shape index (κ3) is 4.75. The van der Waals surface area contributed by atoms with E-state index in [4.69, 9.17) is 14.2 Å². The van der Waals surface area contributed by atoms with Gasteiger partial charge in [-0.3, -0.25) is 4.79 Å². The van der Waals surface area contributed by atoms with Gasteiger partial charge in [-0.2, -0.15) is 0 Å². The summed E-state index contributed by atoms with van der Waals surface area (Å²) in [4.78, 5) is 13.2. The predicted molar refractivity (Wildman–Crippen MR) is 71.0 cm³/mol. The summed E-state index contributed by atoms with van der Waals surface area (Å²) in [5.41, 5.74) is 0. The summed E-state index contributed by atoms with van der Waals surface area (Å²) in [6, 6.07) is 0. The summed E-state index contributed by atoms with van der Waals surface area (Å²) >= 11 is 0. The summed E-state index contributed by atoms with van der Waals surface area (Å²) in [5.74, 6) is -0.185. The molecule has 0 amide bonds. The minimum atomic E-state index is -0.185. The summed E-state index contributed by atoms with van der Waals surface area (Å²) in [6.45, 7) is 5.46. The molecule has 0 aromatic rings. The van der Waals surface area contributed by atoms with Crippen LogP contribution in [0.1, 0.15) is 32.6 Å². The quantitative estimate of drug-likeness (QED) is 0.680. The highest BCUT2D eigenvalue weighted by molar-refractivity contribution is 5.66. The van der Waals surface area contributed by atoms with Crippen LogP contribution in [0.15, 0.2) is 0 Å². The van der Waals surface area contributed by atoms with Gasteiger partial charge in [-0.15, -0.1) is 0 Å². The van der Waals surface area contributed by atoms with Gasteiger partial charge in [-0.1, -0.05) is 0 Å². The number of nitrogens with zero attached hydrogens (tertiary/aromatic N) is 1. The van der Waals surface area contributed by atoms with Crippen LogP contribution in [-0.2, 0) is 19.0 Å². The van der Waals surface area contributed by atoms with Crippen LogP contribution >= 0.6 is 0 Å². The molecule has 19 heavy (non-hydrogen) atoms. The van der Waals surface area contributed by atoms with E-state index in [-0.39, 0.29) is 12.1 Å². The van der Waals surface area contributed by atoms with Gasteiger partial charge >= 0.3 is 5.97 Å². The molecule has 0 spiro atoms. The Labute approximate surface area is 115 Å². The third-order valence-electron chi connectivity index (χ3n) is 3.92. The molecule has 2 rings (SSSR count). The van der Waals surface area contributed by atoms with E-state index in [0.717, 1.165) is 51.9 Å². The van der Waals surface area contributed by atoms with Crippen LogP contribution in [0.4, 0.5) is 0 Å². The van der Waals surface area contributed by atoms with Crippen LogP contribution < -0.4 is 0 Å². The highest BCUT2D eigenvalue weighted by atomic mass is 16.6. The molecule has 5 nitrogen and oxygen atoms in total. The maximum absolute atomic E-state index is 10.8. The van der Waals surface area contributed by atoms with E-state index in [1.165, 1.54) is 6.92 Å². The Bertz CT molecular complexity index is 283. The van der Waals surface area contributed by atoms with Gasteiger partial charge in [0, 0.05) is 46.5 Å². The van der Waals surface area contributed by atoms with E-state index in [9.17, 15) is 4.79 Å². The van der Waals surface area contributed by atoms with Crippen molar-refractivity contribution in [2.24, 2.45) is 0 Å². The lowest BCUT2D eigenvalue weighted by Gasteiger charge is -2.39. The molecule has 0 aromatic carbocycles. The fourth-order valence-corrected chi connectivity index (χ4v) is 2.72. The monoisotopic (exact) mass is 271 g/mol. The number of methoxy groups -OCH3 is 1. The summed E-state index contributed by atoms with van der Waals surface area (Å²) in [6.07, 6.45) is 4.68. The van der Waals surface area contributed by atoms with E-state index >= 15 is 0 Å². The number of carbonyl (C=O) groups excluding carboxylic acids is 1. The van der Waals surface area contributed by atoms with Crippen LogP contribution in [0.25, 0.3) is 0 Å². The van der Waals surface area contributed by atoms with Crippen LogP contribution in [0.3, 0.4) is 0 Å². The van der Waals surface area contributed by atoms with Crippen molar-refractivity contribution in [2.75, 3.05) is 33.4 Å². The first kappa shape index (κ1) is 14.8. The van der Waals surface area contributed by atoms with E-state index in [1.807, 2.05) is 0 Å². The normalized spacial score (nSPS) is 28.9. The zero-order chi connectivity index (χ0) is 13.7. The van der Waals surface area contributed by atoms with Gasteiger partial charge in [-0.25, -0.2) is 0 Å². The topological polar surface area (TPSA) is 48.0 Å². The average molecular weight is 271 g/mol. The van der Waals surface area contributed by atoms with Gasteiger partial charge in [-0.05, 0) is 12.8 Å². The van der Waals surface area contributed by atoms with Gasteiger partial charge in [0.2, 0.25) is 0 Å². The Morgan fingerprint density at radius 1 is 1.16 bits per heavy atom. The molecule has 0 atom stereocenters.